The van der Waals surface area contributed by atoms with Crippen LogP contribution in [0.2, 0.25) is 0 Å². The van der Waals surface area contributed by atoms with E-state index in [1.54, 1.807) is 0 Å². The maximum atomic E-state index is 5.80. The van der Waals surface area contributed by atoms with Crippen LogP contribution in [0.5, 0.6) is 5.75 Å². The first-order chi connectivity index (χ1) is 7.67. The third-order valence-electron chi connectivity index (χ3n) is 3.12. The molecule has 0 aliphatic heterocycles. The van der Waals surface area contributed by atoms with Gasteiger partial charge in [0.1, 0.15) is 12.4 Å². The Labute approximate surface area is 99.0 Å². The van der Waals surface area contributed by atoms with E-state index in [0.29, 0.717) is 12.0 Å². The van der Waals surface area contributed by atoms with Crippen LogP contribution in [0, 0.1) is 12.8 Å². The van der Waals surface area contributed by atoms with Gasteiger partial charge in [0, 0.05) is 6.04 Å². The van der Waals surface area contributed by atoms with Crippen LogP contribution in [0.3, 0.4) is 0 Å². The zero-order chi connectivity index (χ0) is 12.0. The summed E-state index contributed by atoms with van der Waals surface area (Å²) < 4.78 is 5.80. The number of hydrogen-bond donors (Lipinski definition) is 1. The fourth-order valence-corrected chi connectivity index (χ4v) is 1.71. The van der Waals surface area contributed by atoms with E-state index in [4.69, 9.17) is 4.74 Å². The van der Waals surface area contributed by atoms with Crippen molar-refractivity contribution >= 4 is 0 Å². The molecule has 2 unspecified atom stereocenters. The van der Waals surface area contributed by atoms with E-state index in [-0.39, 0.29) is 0 Å². The van der Waals surface area contributed by atoms with Crippen LogP contribution in [-0.2, 0) is 0 Å². The second-order valence-corrected chi connectivity index (χ2v) is 4.41. The lowest BCUT2D eigenvalue weighted by molar-refractivity contribution is 0.228. The molecule has 0 saturated heterocycles. The summed E-state index contributed by atoms with van der Waals surface area (Å²) in [5.41, 5.74) is 1.24. The van der Waals surface area contributed by atoms with E-state index < -0.39 is 0 Å². The van der Waals surface area contributed by atoms with Gasteiger partial charge in [-0.1, -0.05) is 32.4 Å². The first-order valence-corrected chi connectivity index (χ1v) is 6.04. The second kappa shape index (κ2) is 6.54. The summed E-state index contributed by atoms with van der Waals surface area (Å²) in [6.07, 6.45) is 1.17. The highest BCUT2D eigenvalue weighted by atomic mass is 16.5. The van der Waals surface area contributed by atoms with E-state index in [1.807, 2.05) is 19.2 Å². The topological polar surface area (TPSA) is 21.3 Å². The molecule has 90 valence electrons. The number of rotatable bonds is 6. The van der Waals surface area contributed by atoms with Crippen molar-refractivity contribution in [2.24, 2.45) is 5.92 Å². The third kappa shape index (κ3) is 3.86. The zero-order valence-electron chi connectivity index (χ0n) is 10.8. The molecule has 0 saturated carbocycles. The lowest BCUT2D eigenvalue weighted by atomic mass is 10.0. The van der Waals surface area contributed by atoms with Crippen molar-refractivity contribution in [3.63, 3.8) is 0 Å². The zero-order valence-corrected chi connectivity index (χ0v) is 10.8. The molecule has 0 aromatic heterocycles. The molecule has 0 aliphatic rings. The SMILES string of the molecule is CCC(C)C(COc1cccc(C)c1)NC. The molecule has 0 aliphatic carbocycles. The van der Waals surface area contributed by atoms with Crippen molar-refractivity contribution in [3.8, 4) is 5.75 Å². The predicted octanol–water partition coefficient (Wildman–Crippen LogP) is 3.01. The Morgan fingerprint density at radius 2 is 2.12 bits per heavy atom. The molecule has 0 amide bonds. The first kappa shape index (κ1) is 13.0. The van der Waals surface area contributed by atoms with E-state index >= 15 is 0 Å². The Bertz CT molecular complexity index is 311. The lowest BCUT2D eigenvalue weighted by Crippen LogP contribution is -2.37. The maximum Gasteiger partial charge on any atom is 0.119 e. The summed E-state index contributed by atoms with van der Waals surface area (Å²) in [6.45, 7) is 7.27. The number of ether oxygens (including phenoxy) is 1. The van der Waals surface area contributed by atoms with Gasteiger partial charge >= 0.3 is 0 Å². The summed E-state index contributed by atoms with van der Waals surface area (Å²) in [4.78, 5) is 0. The standard InChI is InChI=1S/C14H23NO/c1-5-12(3)14(15-4)10-16-13-8-6-7-11(2)9-13/h6-9,12,14-15H,5,10H2,1-4H3. The highest BCUT2D eigenvalue weighted by molar-refractivity contribution is 5.27. The van der Waals surface area contributed by atoms with Crippen molar-refractivity contribution in [1.29, 1.82) is 0 Å². The van der Waals surface area contributed by atoms with Crippen LogP contribution >= 0.6 is 0 Å². The summed E-state index contributed by atoms with van der Waals surface area (Å²) in [5.74, 6) is 1.60. The quantitative estimate of drug-likeness (QED) is 0.797. The average Bonchev–Trinajstić information content (AvgIpc) is 2.29. The lowest BCUT2D eigenvalue weighted by Gasteiger charge is -2.22. The first-order valence-electron chi connectivity index (χ1n) is 6.04. The minimum absolute atomic E-state index is 0.422. The van der Waals surface area contributed by atoms with E-state index in [9.17, 15) is 0 Å². The van der Waals surface area contributed by atoms with Gasteiger partial charge in [-0.25, -0.2) is 0 Å². The predicted molar refractivity (Wildman–Crippen MR) is 69.0 cm³/mol. The Kier molecular flexibility index (Phi) is 5.33. The molecule has 1 aromatic rings. The molecule has 0 radical (unpaired) electrons. The van der Waals surface area contributed by atoms with E-state index in [1.165, 1.54) is 12.0 Å². The largest absolute Gasteiger partial charge is 0.492 e. The molecule has 1 rings (SSSR count). The van der Waals surface area contributed by atoms with Crippen molar-refractivity contribution in [3.05, 3.63) is 29.8 Å². The highest BCUT2D eigenvalue weighted by Gasteiger charge is 2.14. The normalized spacial score (nSPS) is 14.5. The van der Waals surface area contributed by atoms with Crippen LogP contribution in [-0.4, -0.2) is 19.7 Å². The molecule has 0 spiro atoms. The molecular formula is C14H23NO. The van der Waals surface area contributed by atoms with Crippen LogP contribution in [0.1, 0.15) is 25.8 Å². The minimum atomic E-state index is 0.422. The fraction of sp³-hybridized carbons (Fsp3) is 0.571. The van der Waals surface area contributed by atoms with Crippen LogP contribution in [0.25, 0.3) is 0 Å². The third-order valence-corrected chi connectivity index (χ3v) is 3.12. The van der Waals surface area contributed by atoms with Crippen molar-refractivity contribution in [1.82, 2.24) is 5.32 Å². The fourth-order valence-electron chi connectivity index (χ4n) is 1.71. The van der Waals surface area contributed by atoms with Crippen molar-refractivity contribution in [2.45, 2.75) is 33.2 Å². The molecule has 0 fully saturated rings. The number of nitrogens with one attached hydrogen (secondary N) is 1. The van der Waals surface area contributed by atoms with Crippen molar-refractivity contribution < 1.29 is 4.74 Å². The van der Waals surface area contributed by atoms with Gasteiger partial charge < -0.3 is 10.1 Å². The average molecular weight is 221 g/mol. The monoisotopic (exact) mass is 221 g/mol. The van der Waals surface area contributed by atoms with Gasteiger partial charge in [0.2, 0.25) is 0 Å². The Morgan fingerprint density at radius 3 is 2.69 bits per heavy atom. The molecule has 0 heterocycles. The smallest absolute Gasteiger partial charge is 0.119 e. The van der Waals surface area contributed by atoms with Gasteiger partial charge in [-0.05, 0) is 37.6 Å². The maximum absolute atomic E-state index is 5.80. The molecule has 1 N–H and O–H groups in total. The van der Waals surface area contributed by atoms with Crippen LogP contribution in [0.4, 0.5) is 0 Å². The molecule has 16 heavy (non-hydrogen) atoms. The summed E-state index contributed by atoms with van der Waals surface area (Å²) >= 11 is 0. The molecular weight excluding hydrogens is 198 g/mol. The Balaban J connectivity index is 2.49. The second-order valence-electron chi connectivity index (χ2n) is 4.41. The summed E-state index contributed by atoms with van der Waals surface area (Å²) in [6, 6.07) is 8.62. The van der Waals surface area contributed by atoms with Gasteiger partial charge in [-0.3, -0.25) is 0 Å². The van der Waals surface area contributed by atoms with E-state index in [2.05, 4.69) is 38.2 Å². The highest BCUT2D eigenvalue weighted by Crippen LogP contribution is 2.14. The Hall–Kier alpha value is -1.02. The molecule has 1 aromatic carbocycles. The van der Waals surface area contributed by atoms with E-state index in [0.717, 1.165) is 12.4 Å². The molecule has 2 nitrogen and oxygen atoms in total. The van der Waals surface area contributed by atoms with Gasteiger partial charge in [0.25, 0.3) is 0 Å². The van der Waals surface area contributed by atoms with Crippen LogP contribution < -0.4 is 10.1 Å². The Morgan fingerprint density at radius 1 is 1.38 bits per heavy atom. The molecule has 2 heteroatoms. The number of likely N-dealkylation sites (N-methyl/N-ethyl adjacent to an activating group) is 1. The van der Waals surface area contributed by atoms with Gasteiger partial charge in [0.05, 0.1) is 0 Å². The number of aryl methyl sites for hydroxylation is 1. The summed E-state index contributed by atoms with van der Waals surface area (Å²) in [5, 5.41) is 3.31. The summed E-state index contributed by atoms with van der Waals surface area (Å²) in [7, 11) is 2.00. The number of hydrogen-bond acceptors (Lipinski definition) is 2. The van der Waals surface area contributed by atoms with Gasteiger partial charge in [-0.2, -0.15) is 0 Å². The molecule has 0 bridgehead atoms. The van der Waals surface area contributed by atoms with Gasteiger partial charge in [0.15, 0.2) is 0 Å². The van der Waals surface area contributed by atoms with Crippen LogP contribution in [0.15, 0.2) is 24.3 Å². The number of benzene rings is 1. The van der Waals surface area contributed by atoms with Crippen molar-refractivity contribution in [2.75, 3.05) is 13.7 Å². The molecule has 2 atom stereocenters. The minimum Gasteiger partial charge on any atom is -0.492 e. The van der Waals surface area contributed by atoms with Gasteiger partial charge in [-0.15, -0.1) is 0 Å².